The summed E-state index contributed by atoms with van der Waals surface area (Å²) in [6.45, 7) is 1.59. The van der Waals surface area contributed by atoms with E-state index in [9.17, 15) is 10.4 Å². The summed E-state index contributed by atoms with van der Waals surface area (Å²) in [4.78, 5) is 12.4. The van der Waals surface area contributed by atoms with Crippen molar-refractivity contribution < 1.29 is 5.11 Å². The first kappa shape index (κ1) is 17.7. The molecule has 3 aromatic heterocycles. The second-order valence-corrected chi connectivity index (χ2v) is 7.13. The number of benzene rings is 1. The number of fused-ring (bicyclic) bond motifs is 1. The van der Waals surface area contributed by atoms with Crippen molar-refractivity contribution in [2.45, 2.75) is 12.5 Å². The maximum absolute atomic E-state index is 10.6. The number of nitrogens with two attached hydrogens (primary N) is 1. The molecule has 4 aromatic rings. The molecule has 1 aromatic carbocycles. The van der Waals surface area contributed by atoms with Gasteiger partial charge in [-0.1, -0.05) is 11.8 Å². The second kappa shape index (κ2) is 6.78. The van der Waals surface area contributed by atoms with E-state index in [4.69, 9.17) is 5.73 Å². The molecule has 0 fully saturated rings. The summed E-state index contributed by atoms with van der Waals surface area (Å²) in [5, 5.41) is 23.1. The van der Waals surface area contributed by atoms with Gasteiger partial charge in [-0.15, -0.1) is 11.3 Å². The van der Waals surface area contributed by atoms with Crippen molar-refractivity contribution in [3.63, 3.8) is 0 Å². The topological polar surface area (TPSA) is 114 Å². The van der Waals surface area contributed by atoms with Gasteiger partial charge in [0, 0.05) is 40.6 Å². The van der Waals surface area contributed by atoms with E-state index in [-0.39, 0.29) is 5.95 Å². The molecule has 0 saturated heterocycles. The van der Waals surface area contributed by atoms with Gasteiger partial charge < -0.3 is 15.4 Å². The first-order chi connectivity index (χ1) is 13.5. The number of anilines is 1. The maximum Gasteiger partial charge on any atom is 0.221 e. The standard InChI is InChI=1S/C20H14N6OS/c1-20(27,18-23-5-7-28-18)4-2-13-8-14(11-21)10-16(9-13)26-6-3-15-12-24-19(22)25-17(15)26/h3,5-10,12,27H,1H3,(H2,22,24,25). The number of rotatable bonds is 2. The van der Waals surface area contributed by atoms with E-state index in [0.29, 0.717) is 27.5 Å². The summed E-state index contributed by atoms with van der Waals surface area (Å²) in [5.41, 5.74) is 6.72. The van der Waals surface area contributed by atoms with Crippen LogP contribution in [0.3, 0.4) is 0 Å². The van der Waals surface area contributed by atoms with E-state index in [1.165, 1.54) is 11.3 Å². The number of aliphatic hydroxyl groups is 1. The van der Waals surface area contributed by atoms with Crippen LogP contribution in [0.5, 0.6) is 0 Å². The van der Waals surface area contributed by atoms with Gasteiger partial charge in [-0.25, -0.2) is 9.97 Å². The summed E-state index contributed by atoms with van der Waals surface area (Å²) < 4.78 is 1.82. The van der Waals surface area contributed by atoms with Gasteiger partial charge in [0.05, 0.1) is 11.6 Å². The van der Waals surface area contributed by atoms with Crippen LogP contribution in [0.2, 0.25) is 0 Å². The van der Waals surface area contributed by atoms with E-state index in [2.05, 4.69) is 32.9 Å². The highest BCUT2D eigenvalue weighted by molar-refractivity contribution is 7.09. The molecule has 0 radical (unpaired) electrons. The van der Waals surface area contributed by atoms with Crippen LogP contribution in [-0.4, -0.2) is 24.6 Å². The van der Waals surface area contributed by atoms with Crippen molar-refractivity contribution in [1.82, 2.24) is 19.5 Å². The molecule has 28 heavy (non-hydrogen) atoms. The molecule has 3 heterocycles. The van der Waals surface area contributed by atoms with Gasteiger partial charge in [0.25, 0.3) is 0 Å². The maximum atomic E-state index is 10.6. The van der Waals surface area contributed by atoms with Gasteiger partial charge in [-0.05, 0) is 31.2 Å². The molecule has 4 rings (SSSR count). The molecule has 1 atom stereocenters. The summed E-state index contributed by atoms with van der Waals surface area (Å²) in [7, 11) is 0. The molecule has 0 amide bonds. The number of nitrogens with zero attached hydrogens (tertiary/aromatic N) is 5. The Kier molecular flexibility index (Phi) is 4.28. The fraction of sp³-hybridized carbons (Fsp3) is 0.100. The third-order valence-electron chi connectivity index (χ3n) is 4.07. The van der Waals surface area contributed by atoms with Gasteiger partial charge in [0.15, 0.2) is 5.60 Å². The van der Waals surface area contributed by atoms with Gasteiger partial charge >= 0.3 is 0 Å². The Labute approximate surface area is 164 Å². The summed E-state index contributed by atoms with van der Waals surface area (Å²) in [6, 6.07) is 9.24. The molecule has 8 heteroatoms. The van der Waals surface area contributed by atoms with Crippen molar-refractivity contribution >= 4 is 28.3 Å². The SMILES string of the molecule is CC(O)(C#Cc1cc(C#N)cc(-n2ccc3cnc(N)nc32)c1)c1nccs1. The fourth-order valence-corrected chi connectivity index (χ4v) is 3.39. The molecular formula is C20H14N6OS. The van der Waals surface area contributed by atoms with E-state index in [0.717, 1.165) is 5.39 Å². The monoisotopic (exact) mass is 386 g/mol. The highest BCUT2D eigenvalue weighted by Gasteiger charge is 2.22. The second-order valence-electron chi connectivity index (χ2n) is 6.23. The lowest BCUT2D eigenvalue weighted by Gasteiger charge is -2.12. The van der Waals surface area contributed by atoms with Crippen molar-refractivity contribution in [1.29, 1.82) is 5.26 Å². The van der Waals surface area contributed by atoms with Gasteiger partial charge in [-0.2, -0.15) is 10.2 Å². The smallest absolute Gasteiger partial charge is 0.221 e. The molecule has 0 saturated carbocycles. The molecular weight excluding hydrogens is 372 g/mol. The van der Waals surface area contributed by atoms with Gasteiger partial charge in [-0.3, -0.25) is 0 Å². The molecule has 1 unspecified atom stereocenters. The Bertz CT molecular complexity index is 1270. The Balaban J connectivity index is 1.80. The Morgan fingerprint density at radius 1 is 1.25 bits per heavy atom. The quantitative estimate of drug-likeness (QED) is 0.512. The number of nitriles is 1. The van der Waals surface area contributed by atoms with Crippen LogP contribution in [0.4, 0.5) is 5.95 Å². The molecule has 7 nitrogen and oxygen atoms in total. The summed E-state index contributed by atoms with van der Waals surface area (Å²) in [6.07, 6.45) is 5.10. The minimum atomic E-state index is -1.38. The van der Waals surface area contributed by atoms with Crippen LogP contribution in [0.25, 0.3) is 16.7 Å². The lowest BCUT2D eigenvalue weighted by Crippen LogP contribution is -2.17. The lowest BCUT2D eigenvalue weighted by molar-refractivity contribution is 0.122. The largest absolute Gasteiger partial charge is 0.371 e. The minimum absolute atomic E-state index is 0.170. The fourth-order valence-electron chi connectivity index (χ4n) is 2.74. The Hall–Kier alpha value is -3.72. The summed E-state index contributed by atoms with van der Waals surface area (Å²) in [5.74, 6) is 5.96. The van der Waals surface area contributed by atoms with Crippen molar-refractivity contribution in [2.24, 2.45) is 0 Å². The highest BCUT2D eigenvalue weighted by Crippen LogP contribution is 2.23. The predicted octanol–water partition coefficient (Wildman–Crippen LogP) is 2.59. The van der Waals surface area contributed by atoms with E-state index in [1.807, 2.05) is 22.9 Å². The van der Waals surface area contributed by atoms with Crippen molar-refractivity contribution in [3.05, 3.63) is 64.4 Å². The Morgan fingerprint density at radius 3 is 2.82 bits per heavy atom. The number of hydrogen-bond acceptors (Lipinski definition) is 7. The zero-order valence-corrected chi connectivity index (χ0v) is 15.6. The molecule has 0 aliphatic rings. The third kappa shape index (κ3) is 3.30. The molecule has 3 N–H and O–H groups in total. The number of hydrogen-bond donors (Lipinski definition) is 2. The van der Waals surface area contributed by atoms with Crippen LogP contribution >= 0.6 is 11.3 Å². The van der Waals surface area contributed by atoms with Crippen LogP contribution in [0.1, 0.15) is 23.1 Å². The summed E-state index contributed by atoms with van der Waals surface area (Å²) >= 11 is 1.33. The van der Waals surface area contributed by atoms with Crippen molar-refractivity contribution in [3.8, 4) is 23.6 Å². The van der Waals surface area contributed by atoms with E-state index >= 15 is 0 Å². The lowest BCUT2D eigenvalue weighted by atomic mass is 10.1. The minimum Gasteiger partial charge on any atom is -0.371 e. The van der Waals surface area contributed by atoms with Crippen molar-refractivity contribution in [2.75, 3.05) is 5.73 Å². The number of nitrogen functional groups attached to an aromatic ring is 1. The molecule has 0 bridgehead atoms. The zero-order chi connectivity index (χ0) is 19.7. The van der Waals surface area contributed by atoms with Crippen LogP contribution in [0.15, 0.2) is 48.2 Å². The Morgan fingerprint density at radius 2 is 2.07 bits per heavy atom. The zero-order valence-electron chi connectivity index (χ0n) is 14.8. The predicted molar refractivity (Wildman–Crippen MR) is 107 cm³/mol. The molecule has 136 valence electrons. The normalized spacial score (nSPS) is 12.8. The van der Waals surface area contributed by atoms with E-state index < -0.39 is 5.60 Å². The molecule has 0 spiro atoms. The molecule has 0 aliphatic carbocycles. The first-order valence-corrected chi connectivity index (χ1v) is 9.15. The van der Waals surface area contributed by atoms with Gasteiger partial charge in [0.1, 0.15) is 10.7 Å². The average molecular weight is 386 g/mol. The average Bonchev–Trinajstić information content (AvgIpc) is 3.36. The van der Waals surface area contributed by atoms with Crippen LogP contribution < -0.4 is 5.73 Å². The van der Waals surface area contributed by atoms with E-state index in [1.54, 1.807) is 36.8 Å². The molecule has 0 aliphatic heterocycles. The van der Waals surface area contributed by atoms with Crippen LogP contribution in [0, 0.1) is 23.2 Å². The van der Waals surface area contributed by atoms with Crippen LogP contribution in [-0.2, 0) is 5.60 Å². The number of aromatic nitrogens is 4. The first-order valence-electron chi connectivity index (χ1n) is 8.27. The third-order valence-corrected chi connectivity index (χ3v) is 5.05. The number of thiazole rings is 1. The van der Waals surface area contributed by atoms with Gasteiger partial charge in [0.2, 0.25) is 5.95 Å². The highest BCUT2D eigenvalue weighted by atomic mass is 32.1.